The van der Waals surface area contributed by atoms with Crippen LogP contribution in [0.1, 0.15) is 16.8 Å². The minimum absolute atomic E-state index is 0.0381. The molecular weight excluding hydrogens is 450 g/mol. The number of amides is 1. The number of anilines is 2. The smallest absolute Gasteiger partial charge is 0.255 e. The summed E-state index contributed by atoms with van der Waals surface area (Å²) < 4.78 is 30.5. The third-order valence-corrected chi connectivity index (χ3v) is 7.08. The van der Waals surface area contributed by atoms with Gasteiger partial charge in [-0.1, -0.05) is 18.2 Å². The first-order chi connectivity index (χ1) is 16.2. The van der Waals surface area contributed by atoms with Crippen molar-refractivity contribution in [1.82, 2.24) is 4.90 Å². The lowest BCUT2D eigenvalue weighted by atomic mass is 10.2. The number of carbonyl (C=O) groups is 1. The van der Waals surface area contributed by atoms with Crippen LogP contribution >= 0.6 is 0 Å². The fourth-order valence-electron chi connectivity index (χ4n) is 4.00. The Bertz CT molecular complexity index is 1260. The van der Waals surface area contributed by atoms with Gasteiger partial charge in [-0.2, -0.15) is 0 Å². The van der Waals surface area contributed by atoms with E-state index in [2.05, 4.69) is 29.2 Å². The van der Waals surface area contributed by atoms with Crippen LogP contribution in [0.3, 0.4) is 0 Å². The van der Waals surface area contributed by atoms with E-state index in [0.717, 1.165) is 31.5 Å². The van der Waals surface area contributed by atoms with E-state index in [4.69, 9.17) is 4.74 Å². The molecule has 8 heteroatoms. The molecule has 1 aliphatic rings. The van der Waals surface area contributed by atoms with E-state index < -0.39 is 15.7 Å². The van der Waals surface area contributed by atoms with Gasteiger partial charge >= 0.3 is 0 Å². The van der Waals surface area contributed by atoms with E-state index in [9.17, 15) is 13.2 Å². The number of nitrogens with one attached hydrogen (secondary N) is 1. The number of benzene rings is 3. The summed E-state index contributed by atoms with van der Waals surface area (Å²) in [5.74, 6) is 0.300. The van der Waals surface area contributed by atoms with Gasteiger partial charge in [-0.3, -0.25) is 4.79 Å². The number of para-hydroxylation sites is 1. The van der Waals surface area contributed by atoms with Crippen molar-refractivity contribution in [3.05, 3.63) is 78.4 Å². The summed E-state index contributed by atoms with van der Waals surface area (Å²) in [5.41, 5.74) is 1.99. The number of likely N-dealkylation sites (N-methyl/N-ethyl adjacent to an activating group) is 1. The molecule has 0 radical (unpaired) electrons. The summed E-state index contributed by atoms with van der Waals surface area (Å²) in [6, 6.07) is 21.6. The predicted molar refractivity (Wildman–Crippen MR) is 135 cm³/mol. The molecule has 1 fully saturated rings. The molecule has 178 valence electrons. The average molecular weight is 480 g/mol. The van der Waals surface area contributed by atoms with Crippen molar-refractivity contribution in [2.45, 2.75) is 17.4 Å². The lowest BCUT2D eigenvalue weighted by Crippen LogP contribution is -2.31. The maximum Gasteiger partial charge on any atom is 0.255 e. The van der Waals surface area contributed by atoms with E-state index in [1.165, 1.54) is 12.1 Å². The number of carbonyl (C=O) groups excluding carboxylic acids is 1. The van der Waals surface area contributed by atoms with Crippen LogP contribution in [0.15, 0.2) is 77.7 Å². The molecule has 0 saturated carbocycles. The van der Waals surface area contributed by atoms with Crippen molar-refractivity contribution in [2.75, 3.05) is 43.7 Å². The van der Waals surface area contributed by atoms with Crippen LogP contribution < -0.4 is 15.0 Å². The van der Waals surface area contributed by atoms with Gasteiger partial charge in [0.05, 0.1) is 0 Å². The molecule has 1 atom stereocenters. The number of ether oxygens (including phenoxy) is 1. The van der Waals surface area contributed by atoms with Gasteiger partial charge in [0.15, 0.2) is 9.84 Å². The molecular formula is C26H29N3O4S. The van der Waals surface area contributed by atoms with E-state index >= 15 is 0 Å². The molecule has 1 saturated heterocycles. The highest BCUT2D eigenvalue weighted by atomic mass is 32.2. The van der Waals surface area contributed by atoms with Crippen LogP contribution in [0.5, 0.6) is 11.5 Å². The molecule has 0 bridgehead atoms. The molecule has 7 nitrogen and oxygen atoms in total. The normalized spacial score (nSPS) is 16.0. The van der Waals surface area contributed by atoms with Crippen LogP contribution in [-0.2, 0) is 9.84 Å². The van der Waals surface area contributed by atoms with Crippen molar-refractivity contribution in [1.29, 1.82) is 0 Å². The summed E-state index contributed by atoms with van der Waals surface area (Å²) in [4.78, 5) is 17.4. The molecule has 1 amide bonds. The van der Waals surface area contributed by atoms with Crippen molar-refractivity contribution >= 4 is 27.1 Å². The molecule has 3 aromatic carbocycles. The van der Waals surface area contributed by atoms with Crippen molar-refractivity contribution in [2.24, 2.45) is 0 Å². The van der Waals surface area contributed by atoms with Gasteiger partial charge in [0.2, 0.25) is 0 Å². The van der Waals surface area contributed by atoms with Gasteiger partial charge in [0, 0.05) is 42.3 Å². The van der Waals surface area contributed by atoms with Crippen LogP contribution in [0, 0.1) is 0 Å². The molecule has 1 unspecified atom stereocenters. The topological polar surface area (TPSA) is 79.0 Å². The maximum atomic E-state index is 12.9. The minimum Gasteiger partial charge on any atom is -0.456 e. The maximum absolute atomic E-state index is 12.9. The van der Waals surface area contributed by atoms with E-state index in [1.807, 2.05) is 30.3 Å². The largest absolute Gasteiger partial charge is 0.456 e. The number of sulfone groups is 1. The quantitative estimate of drug-likeness (QED) is 0.545. The van der Waals surface area contributed by atoms with E-state index in [1.54, 1.807) is 30.3 Å². The zero-order chi connectivity index (χ0) is 24.3. The molecule has 1 N–H and O–H groups in total. The predicted octanol–water partition coefficient (Wildman–Crippen LogP) is 4.28. The molecule has 1 aliphatic heterocycles. The third-order valence-electron chi connectivity index (χ3n) is 5.96. The van der Waals surface area contributed by atoms with Gasteiger partial charge in [-0.05, 0) is 75.1 Å². The Hall–Kier alpha value is -3.36. The minimum atomic E-state index is -3.62. The first-order valence-electron chi connectivity index (χ1n) is 11.1. The van der Waals surface area contributed by atoms with Gasteiger partial charge in [-0.15, -0.1) is 0 Å². The van der Waals surface area contributed by atoms with Gasteiger partial charge < -0.3 is 19.9 Å². The standard InChI is InChI=1S/C26H29N3O4S/c1-28(2)22-15-16-29(18-22)21-12-10-20(11-13-21)27-26(30)19-9-14-24(25(17-19)34(3,31)32)33-23-7-5-4-6-8-23/h4-14,17,22H,15-16,18H2,1-3H3,(H,27,30). The Balaban J connectivity index is 1.48. The summed E-state index contributed by atoms with van der Waals surface area (Å²) in [6.07, 6.45) is 2.22. The fourth-order valence-corrected chi connectivity index (χ4v) is 4.81. The molecule has 4 rings (SSSR count). The molecule has 1 heterocycles. The number of rotatable bonds is 7. The second kappa shape index (κ2) is 9.87. The molecule has 34 heavy (non-hydrogen) atoms. The Morgan fingerprint density at radius 2 is 1.74 bits per heavy atom. The number of hydrogen-bond donors (Lipinski definition) is 1. The van der Waals surface area contributed by atoms with Gasteiger partial charge in [-0.25, -0.2) is 8.42 Å². The SMILES string of the molecule is CN(C)C1CCN(c2ccc(NC(=O)c3ccc(Oc4ccccc4)c(S(C)(=O)=O)c3)cc2)C1. The highest BCUT2D eigenvalue weighted by Crippen LogP contribution is 2.30. The molecule has 3 aromatic rings. The Morgan fingerprint density at radius 1 is 1.03 bits per heavy atom. The lowest BCUT2D eigenvalue weighted by Gasteiger charge is -2.22. The van der Waals surface area contributed by atoms with Crippen LogP contribution in [-0.4, -0.2) is 58.7 Å². The fraction of sp³-hybridized carbons (Fsp3) is 0.269. The van der Waals surface area contributed by atoms with Gasteiger partial charge in [0.25, 0.3) is 5.91 Å². The lowest BCUT2D eigenvalue weighted by molar-refractivity contribution is 0.102. The summed E-state index contributed by atoms with van der Waals surface area (Å²) in [7, 11) is 0.577. The summed E-state index contributed by atoms with van der Waals surface area (Å²) >= 11 is 0. The first-order valence-corrected chi connectivity index (χ1v) is 13.0. The zero-order valence-electron chi connectivity index (χ0n) is 19.6. The highest BCUT2D eigenvalue weighted by molar-refractivity contribution is 7.90. The van der Waals surface area contributed by atoms with Crippen LogP contribution in [0.2, 0.25) is 0 Å². The molecule has 0 aliphatic carbocycles. The second-order valence-electron chi connectivity index (χ2n) is 8.70. The zero-order valence-corrected chi connectivity index (χ0v) is 20.4. The first kappa shape index (κ1) is 23.8. The summed E-state index contributed by atoms with van der Waals surface area (Å²) in [6.45, 7) is 1.98. The number of nitrogens with zero attached hydrogens (tertiary/aromatic N) is 2. The van der Waals surface area contributed by atoms with Crippen LogP contribution in [0.4, 0.5) is 11.4 Å². The Morgan fingerprint density at radius 3 is 2.35 bits per heavy atom. The Labute approximate surface area is 200 Å². The highest BCUT2D eigenvalue weighted by Gasteiger charge is 2.24. The van der Waals surface area contributed by atoms with E-state index in [0.29, 0.717) is 17.5 Å². The van der Waals surface area contributed by atoms with Gasteiger partial charge in [0.1, 0.15) is 16.4 Å². The van der Waals surface area contributed by atoms with Crippen molar-refractivity contribution in [3.8, 4) is 11.5 Å². The van der Waals surface area contributed by atoms with Crippen LogP contribution in [0.25, 0.3) is 0 Å². The molecule has 0 aromatic heterocycles. The number of hydrogen-bond acceptors (Lipinski definition) is 6. The average Bonchev–Trinajstić information content (AvgIpc) is 3.30. The second-order valence-corrected chi connectivity index (χ2v) is 10.7. The van der Waals surface area contributed by atoms with Crippen molar-refractivity contribution < 1.29 is 17.9 Å². The third kappa shape index (κ3) is 5.58. The monoisotopic (exact) mass is 479 g/mol. The van der Waals surface area contributed by atoms with Crippen molar-refractivity contribution in [3.63, 3.8) is 0 Å². The summed E-state index contributed by atoms with van der Waals surface area (Å²) in [5, 5.41) is 2.85. The Kier molecular flexibility index (Phi) is 6.90. The molecule has 0 spiro atoms. The van der Waals surface area contributed by atoms with E-state index in [-0.39, 0.29) is 16.2 Å².